The maximum absolute atomic E-state index is 3.42. The van der Waals surface area contributed by atoms with Crippen molar-refractivity contribution in [2.45, 2.75) is 40.2 Å². The van der Waals surface area contributed by atoms with E-state index in [0.29, 0.717) is 11.5 Å². The van der Waals surface area contributed by atoms with Crippen LogP contribution in [0.25, 0.3) is 0 Å². The zero-order valence-electron chi connectivity index (χ0n) is 7.28. The van der Waals surface area contributed by atoms with Crippen LogP contribution in [-0.4, -0.2) is 12.1 Å². The van der Waals surface area contributed by atoms with E-state index in [1.807, 2.05) is 0 Å². The molecule has 0 radical (unpaired) electrons. The monoisotopic (exact) mass is 131 g/mol. The summed E-state index contributed by atoms with van der Waals surface area (Å²) in [5, 5.41) is 3.42. The Labute approximate surface area is 60.3 Å². The summed E-state index contributed by atoms with van der Waals surface area (Å²) in [6, 6.07) is 0. The van der Waals surface area contributed by atoms with E-state index in [-0.39, 0.29) is 1.43 Å². The van der Waals surface area contributed by atoms with Gasteiger partial charge in [-0.05, 0) is 26.3 Å². The highest BCUT2D eigenvalue weighted by atomic mass is 14.9. The lowest BCUT2D eigenvalue weighted by Crippen LogP contribution is -2.43. The summed E-state index contributed by atoms with van der Waals surface area (Å²) < 4.78 is 0. The van der Waals surface area contributed by atoms with Crippen molar-refractivity contribution in [1.29, 1.82) is 0 Å². The van der Waals surface area contributed by atoms with Gasteiger partial charge in [-0.2, -0.15) is 0 Å². The maximum atomic E-state index is 3.42. The Morgan fingerprint density at radius 3 is 2.00 bits per heavy atom. The summed E-state index contributed by atoms with van der Waals surface area (Å²) >= 11 is 0. The van der Waals surface area contributed by atoms with Gasteiger partial charge in [0.05, 0.1) is 0 Å². The summed E-state index contributed by atoms with van der Waals surface area (Å²) in [6.45, 7) is 12.2. The molecule has 0 rings (SSSR count). The zero-order chi connectivity index (χ0) is 7.49. The molecule has 1 nitrogen and oxygen atoms in total. The molecule has 0 aliphatic heterocycles. The van der Waals surface area contributed by atoms with E-state index in [1.165, 1.54) is 0 Å². The van der Waals surface area contributed by atoms with E-state index in [9.17, 15) is 0 Å². The second-order valence-corrected chi connectivity index (χ2v) is 3.41. The van der Waals surface area contributed by atoms with E-state index >= 15 is 0 Å². The fourth-order valence-corrected chi connectivity index (χ4v) is 0.660. The van der Waals surface area contributed by atoms with E-state index in [2.05, 4.69) is 39.9 Å². The topological polar surface area (TPSA) is 12.0 Å². The lowest BCUT2D eigenvalue weighted by molar-refractivity contribution is 0.294. The smallest absolute Gasteiger partial charge is 0.0147 e. The van der Waals surface area contributed by atoms with E-state index < -0.39 is 0 Å². The standard InChI is InChI=1S/C8H19N.H2/c1-6-9-8(4,5)7(2)3;/h7,9H,6H2,1-5H3;1H. The first-order valence-corrected chi connectivity index (χ1v) is 3.75. The molecule has 0 aliphatic carbocycles. The van der Waals surface area contributed by atoms with E-state index in [4.69, 9.17) is 0 Å². The zero-order valence-corrected chi connectivity index (χ0v) is 7.28. The summed E-state index contributed by atoms with van der Waals surface area (Å²) in [5.74, 6) is 0.706. The minimum atomic E-state index is 0. The Kier molecular flexibility index (Phi) is 3.20. The van der Waals surface area contributed by atoms with Crippen LogP contribution in [-0.2, 0) is 0 Å². The lowest BCUT2D eigenvalue weighted by Gasteiger charge is -2.30. The second-order valence-electron chi connectivity index (χ2n) is 3.41. The SMILES string of the molecule is CCNC(C)(C)C(C)C.[HH]. The molecule has 0 atom stereocenters. The van der Waals surface area contributed by atoms with Crippen molar-refractivity contribution >= 4 is 0 Å². The molecule has 1 N–H and O–H groups in total. The highest BCUT2D eigenvalue weighted by molar-refractivity contribution is 4.79. The minimum Gasteiger partial charge on any atom is -0.312 e. The van der Waals surface area contributed by atoms with Gasteiger partial charge >= 0.3 is 0 Å². The van der Waals surface area contributed by atoms with Crippen molar-refractivity contribution < 1.29 is 1.43 Å². The van der Waals surface area contributed by atoms with Crippen LogP contribution in [0.15, 0.2) is 0 Å². The van der Waals surface area contributed by atoms with Gasteiger partial charge in [0, 0.05) is 6.97 Å². The fourth-order valence-electron chi connectivity index (χ4n) is 0.660. The molecule has 0 bridgehead atoms. The molecular weight excluding hydrogens is 110 g/mol. The Morgan fingerprint density at radius 2 is 1.89 bits per heavy atom. The average molecular weight is 131 g/mol. The van der Waals surface area contributed by atoms with Crippen LogP contribution in [0.4, 0.5) is 0 Å². The third-order valence-corrected chi connectivity index (χ3v) is 2.08. The van der Waals surface area contributed by atoms with Gasteiger partial charge in [0.25, 0.3) is 0 Å². The summed E-state index contributed by atoms with van der Waals surface area (Å²) in [6.07, 6.45) is 0. The van der Waals surface area contributed by atoms with Crippen molar-refractivity contribution in [3.05, 3.63) is 0 Å². The van der Waals surface area contributed by atoms with Gasteiger partial charge in [0.2, 0.25) is 0 Å². The van der Waals surface area contributed by atoms with Crippen LogP contribution in [0, 0.1) is 5.92 Å². The Morgan fingerprint density at radius 1 is 1.44 bits per heavy atom. The largest absolute Gasteiger partial charge is 0.312 e. The van der Waals surface area contributed by atoms with Gasteiger partial charge in [0.15, 0.2) is 0 Å². The van der Waals surface area contributed by atoms with Crippen molar-refractivity contribution in [3.63, 3.8) is 0 Å². The van der Waals surface area contributed by atoms with Gasteiger partial charge in [-0.3, -0.25) is 0 Å². The number of nitrogens with one attached hydrogen (secondary N) is 1. The molecule has 0 aromatic carbocycles. The molecule has 1 heteroatoms. The van der Waals surface area contributed by atoms with Crippen LogP contribution in [0.3, 0.4) is 0 Å². The van der Waals surface area contributed by atoms with Crippen molar-refractivity contribution in [3.8, 4) is 0 Å². The molecule has 0 aromatic heterocycles. The number of hydrogen-bond acceptors (Lipinski definition) is 1. The normalized spacial score (nSPS) is 12.7. The fraction of sp³-hybridized carbons (Fsp3) is 1.00. The first-order chi connectivity index (χ1) is 4.00. The molecule has 0 unspecified atom stereocenters. The van der Waals surface area contributed by atoms with Crippen LogP contribution in [0.2, 0.25) is 0 Å². The minimum absolute atomic E-state index is 0. The molecule has 58 valence electrons. The molecule has 0 aromatic rings. The quantitative estimate of drug-likeness (QED) is 0.619. The molecule has 0 fully saturated rings. The second kappa shape index (κ2) is 3.21. The van der Waals surface area contributed by atoms with Crippen molar-refractivity contribution in [2.75, 3.05) is 6.54 Å². The average Bonchev–Trinajstić information content (AvgIpc) is 1.65. The van der Waals surface area contributed by atoms with Gasteiger partial charge < -0.3 is 5.32 Å². The summed E-state index contributed by atoms with van der Waals surface area (Å²) in [4.78, 5) is 0. The molecule has 0 aliphatic rings. The third-order valence-electron chi connectivity index (χ3n) is 2.08. The molecule has 0 heterocycles. The first-order valence-electron chi connectivity index (χ1n) is 3.75. The number of hydrogen-bond donors (Lipinski definition) is 1. The Hall–Kier alpha value is -0.0400. The van der Waals surface area contributed by atoms with Gasteiger partial charge in [-0.15, -0.1) is 0 Å². The Bertz CT molecular complexity index is 79.3. The molecule has 9 heavy (non-hydrogen) atoms. The summed E-state index contributed by atoms with van der Waals surface area (Å²) in [5.41, 5.74) is 0.300. The highest BCUT2D eigenvalue weighted by Crippen LogP contribution is 2.13. The van der Waals surface area contributed by atoms with Crippen LogP contribution >= 0.6 is 0 Å². The predicted molar refractivity (Wildman–Crippen MR) is 44.7 cm³/mol. The third kappa shape index (κ3) is 2.85. The van der Waals surface area contributed by atoms with Gasteiger partial charge in [0.1, 0.15) is 0 Å². The number of rotatable bonds is 3. The van der Waals surface area contributed by atoms with Crippen LogP contribution < -0.4 is 5.32 Å². The van der Waals surface area contributed by atoms with E-state index in [1.54, 1.807) is 0 Å². The predicted octanol–water partition coefficient (Wildman–Crippen LogP) is 2.28. The summed E-state index contributed by atoms with van der Waals surface area (Å²) in [7, 11) is 0. The molecule has 0 saturated heterocycles. The van der Waals surface area contributed by atoms with Crippen LogP contribution in [0.1, 0.15) is 36.0 Å². The lowest BCUT2D eigenvalue weighted by atomic mass is 9.91. The van der Waals surface area contributed by atoms with Gasteiger partial charge in [-0.1, -0.05) is 20.8 Å². The van der Waals surface area contributed by atoms with Crippen molar-refractivity contribution in [1.82, 2.24) is 5.32 Å². The maximum Gasteiger partial charge on any atom is 0.0147 e. The first kappa shape index (κ1) is 8.96. The molecule has 0 saturated carbocycles. The molecule has 0 spiro atoms. The highest BCUT2D eigenvalue weighted by Gasteiger charge is 2.19. The van der Waals surface area contributed by atoms with Crippen LogP contribution in [0.5, 0.6) is 0 Å². The molecular formula is C8H21N. The Balaban J connectivity index is 0. The van der Waals surface area contributed by atoms with Crippen molar-refractivity contribution in [2.24, 2.45) is 5.92 Å². The molecule has 0 amide bonds. The van der Waals surface area contributed by atoms with Gasteiger partial charge in [-0.25, -0.2) is 0 Å². The van der Waals surface area contributed by atoms with E-state index in [0.717, 1.165) is 6.54 Å².